The zero-order valence-electron chi connectivity index (χ0n) is 10.9. The number of carbonyl (C=O) groups excluding carboxylic acids is 1. The summed E-state index contributed by atoms with van der Waals surface area (Å²) in [5.74, 6) is -1.66. The Balaban J connectivity index is 2.56. The molecule has 2 N–H and O–H groups in total. The van der Waals surface area contributed by atoms with Gasteiger partial charge in [-0.1, -0.05) is 6.07 Å². The predicted molar refractivity (Wildman–Crippen MR) is 68.2 cm³/mol. The molecule has 0 radical (unpaired) electrons. The first-order valence-electron chi connectivity index (χ1n) is 5.89. The van der Waals surface area contributed by atoms with Crippen molar-refractivity contribution in [1.29, 1.82) is 0 Å². The van der Waals surface area contributed by atoms with Gasteiger partial charge >= 0.3 is 0 Å². The molecule has 100 valence electrons. The Bertz CT molecular complexity index is 401. The summed E-state index contributed by atoms with van der Waals surface area (Å²) in [6.07, 6.45) is 0. The molecule has 1 amide bonds. The quantitative estimate of drug-likeness (QED) is 0.839. The molecule has 0 aliphatic rings. The second-order valence-electron chi connectivity index (χ2n) is 4.46. The van der Waals surface area contributed by atoms with Gasteiger partial charge in [0.05, 0.1) is 0 Å². The highest BCUT2D eigenvalue weighted by molar-refractivity contribution is 5.97. The summed E-state index contributed by atoms with van der Waals surface area (Å²) in [6, 6.07) is 4.17. The van der Waals surface area contributed by atoms with Crippen molar-refractivity contribution < 1.29 is 14.3 Å². The first kappa shape index (κ1) is 14.4. The van der Waals surface area contributed by atoms with Crippen molar-refractivity contribution in [2.45, 2.75) is 19.9 Å². The zero-order chi connectivity index (χ0) is 13.7. The summed E-state index contributed by atoms with van der Waals surface area (Å²) < 4.78 is 13.4. The number of likely N-dealkylation sites (N-methyl/N-ethyl adjacent to an activating group) is 1. The van der Waals surface area contributed by atoms with Gasteiger partial charge in [0, 0.05) is 19.1 Å². The van der Waals surface area contributed by atoms with Crippen LogP contribution in [0.15, 0.2) is 18.2 Å². The van der Waals surface area contributed by atoms with Crippen LogP contribution < -0.4 is 5.32 Å². The fraction of sp³-hybridized carbons (Fsp3) is 0.462. The molecule has 1 aromatic carbocycles. The summed E-state index contributed by atoms with van der Waals surface area (Å²) in [5.41, 5.74) is -0.301. The number of phenolic OH excluding ortho intramolecular Hbond substituents is 1. The highest BCUT2D eigenvalue weighted by Gasteiger charge is 2.16. The molecule has 0 saturated heterocycles. The number of phenols is 1. The third-order valence-electron chi connectivity index (χ3n) is 2.85. The second-order valence-corrected chi connectivity index (χ2v) is 4.46. The van der Waals surface area contributed by atoms with E-state index in [1.165, 1.54) is 12.1 Å². The maximum atomic E-state index is 13.4. The van der Waals surface area contributed by atoms with Crippen molar-refractivity contribution in [3.63, 3.8) is 0 Å². The third-order valence-corrected chi connectivity index (χ3v) is 2.85. The normalized spacial score (nSPS) is 11.0. The number of rotatable bonds is 5. The van der Waals surface area contributed by atoms with Crippen LogP contribution in [0.25, 0.3) is 0 Å². The number of hydrogen-bond donors (Lipinski definition) is 2. The minimum atomic E-state index is -0.718. The molecule has 0 spiro atoms. The molecule has 4 nitrogen and oxygen atoms in total. The van der Waals surface area contributed by atoms with E-state index in [0.717, 1.165) is 6.07 Å². The molecule has 0 saturated carbocycles. The minimum absolute atomic E-state index is 0.301. The zero-order valence-corrected chi connectivity index (χ0v) is 10.9. The van der Waals surface area contributed by atoms with Gasteiger partial charge in [-0.3, -0.25) is 4.79 Å². The van der Waals surface area contributed by atoms with Crippen LogP contribution in [0, 0.1) is 5.82 Å². The predicted octanol–water partition coefficient (Wildman–Crippen LogP) is 1.60. The molecule has 5 heteroatoms. The second kappa shape index (κ2) is 6.35. The van der Waals surface area contributed by atoms with Crippen molar-refractivity contribution in [2.75, 3.05) is 20.1 Å². The fourth-order valence-electron chi connectivity index (χ4n) is 1.43. The minimum Gasteiger partial charge on any atom is -0.507 e. The lowest BCUT2D eigenvalue weighted by atomic mass is 10.1. The van der Waals surface area contributed by atoms with Gasteiger partial charge in [0.25, 0.3) is 5.91 Å². The lowest BCUT2D eigenvalue weighted by Gasteiger charge is -2.20. The van der Waals surface area contributed by atoms with Crippen molar-refractivity contribution in [1.82, 2.24) is 10.2 Å². The Hall–Kier alpha value is -1.62. The molecule has 18 heavy (non-hydrogen) atoms. The molecule has 0 bridgehead atoms. The number of halogens is 1. The first-order valence-corrected chi connectivity index (χ1v) is 5.89. The molecule has 0 aromatic heterocycles. The molecule has 0 unspecified atom stereocenters. The third kappa shape index (κ3) is 3.70. The van der Waals surface area contributed by atoms with E-state index in [2.05, 4.69) is 10.2 Å². The fourth-order valence-corrected chi connectivity index (χ4v) is 1.43. The van der Waals surface area contributed by atoms with Crippen molar-refractivity contribution >= 4 is 5.91 Å². The maximum Gasteiger partial charge on any atom is 0.258 e. The smallest absolute Gasteiger partial charge is 0.258 e. The summed E-state index contributed by atoms with van der Waals surface area (Å²) >= 11 is 0. The number of hydrogen-bond acceptors (Lipinski definition) is 3. The summed E-state index contributed by atoms with van der Waals surface area (Å²) in [6.45, 7) is 5.16. The van der Waals surface area contributed by atoms with Gasteiger partial charge in [0.2, 0.25) is 0 Å². The van der Waals surface area contributed by atoms with Gasteiger partial charge in [-0.05, 0) is 33.0 Å². The largest absolute Gasteiger partial charge is 0.507 e. The lowest BCUT2D eigenvalue weighted by molar-refractivity contribution is 0.0941. The molecule has 1 aromatic rings. The first-order chi connectivity index (χ1) is 8.43. The molecule has 0 aliphatic carbocycles. The topological polar surface area (TPSA) is 52.6 Å². The number of aromatic hydroxyl groups is 1. The molecule has 0 fully saturated rings. The van der Waals surface area contributed by atoms with Gasteiger partial charge in [-0.15, -0.1) is 0 Å². The number of amides is 1. The molecule has 1 rings (SSSR count). The van der Waals surface area contributed by atoms with Crippen LogP contribution in [0.2, 0.25) is 0 Å². The van der Waals surface area contributed by atoms with E-state index in [1.54, 1.807) is 0 Å². The van der Waals surface area contributed by atoms with Crippen LogP contribution in [0.3, 0.4) is 0 Å². The van der Waals surface area contributed by atoms with Gasteiger partial charge in [0.1, 0.15) is 17.1 Å². The number of benzene rings is 1. The number of nitrogens with one attached hydrogen (secondary N) is 1. The van der Waals surface area contributed by atoms with Crippen LogP contribution in [0.1, 0.15) is 24.2 Å². The summed E-state index contributed by atoms with van der Waals surface area (Å²) in [4.78, 5) is 13.8. The van der Waals surface area contributed by atoms with E-state index in [-0.39, 0.29) is 11.3 Å². The Kier molecular flexibility index (Phi) is 5.09. The maximum absolute atomic E-state index is 13.4. The van der Waals surface area contributed by atoms with E-state index >= 15 is 0 Å². The Morgan fingerprint density at radius 1 is 1.50 bits per heavy atom. The number of nitrogens with zero attached hydrogens (tertiary/aromatic N) is 1. The van der Waals surface area contributed by atoms with Crippen LogP contribution in [0.4, 0.5) is 4.39 Å². The van der Waals surface area contributed by atoms with Crippen molar-refractivity contribution in [3.05, 3.63) is 29.6 Å². The SMILES string of the molecule is CC(C)N(C)CCNC(=O)c1c(O)cccc1F. The average molecular weight is 254 g/mol. The van der Waals surface area contributed by atoms with E-state index in [4.69, 9.17) is 0 Å². The van der Waals surface area contributed by atoms with Gasteiger partial charge in [0.15, 0.2) is 0 Å². The van der Waals surface area contributed by atoms with Crippen molar-refractivity contribution in [2.24, 2.45) is 0 Å². The van der Waals surface area contributed by atoms with Crippen LogP contribution in [-0.2, 0) is 0 Å². The number of carbonyl (C=O) groups is 1. The van der Waals surface area contributed by atoms with Gasteiger partial charge in [-0.2, -0.15) is 0 Å². The van der Waals surface area contributed by atoms with E-state index in [9.17, 15) is 14.3 Å². The Morgan fingerprint density at radius 2 is 2.17 bits per heavy atom. The Labute approximate surface area is 106 Å². The van der Waals surface area contributed by atoms with Crippen molar-refractivity contribution in [3.8, 4) is 5.75 Å². The highest BCUT2D eigenvalue weighted by Crippen LogP contribution is 2.19. The van der Waals surface area contributed by atoms with Crippen LogP contribution in [0.5, 0.6) is 5.75 Å². The van der Waals surface area contributed by atoms with Gasteiger partial charge in [-0.25, -0.2) is 4.39 Å². The molecular formula is C13H19FN2O2. The van der Waals surface area contributed by atoms with E-state index < -0.39 is 11.7 Å². The summed E-state index contributed by atoms with van der Waals surface area (Å²) in [7, 11) is 1.94. The van der Waals surface area contributed by atoms with Crippen LogP contribution >= 0.6 is 0 Å². The standard InChI is InChI=1S/C13H19FN2O2/c1-9(2)16(3)8-7-15-13(18)12-10(14)5-4-6-11(12)17/h4-6,9,17H,7-8H2,1-3H3,(H,15,18). The molecule has 0 heterocycles. The van der Waals surface area contributed by atoms with E-state index in [1.807, 2.05) is 20.9 Å². The molecular weight excluding hydrogens is 235 g/mol. The average Bonchev–Trinajstić information content (AvgIpc) is 2.28. The van der Waals surface area contributed by atoms with Gasteiger partial charge < -0.3 is 15.3 Å². The highest BCUT2D eigenvalue weighted by atomic mass is 19.1. The Morgan fingerprint density at radius 3 is 2.72 bits per heavy atom. The van der Waals surface area contributed by atoms with Crippen LogP contribution in [-0.4, -0.2) is 42.1 Å². The summed E-state index contributed by atoms with van der Waals surface area (Å²) in [5, 5.41) is 12.0. The van der Waals surface area contributed by atoms with E-state index in [0.29, 0.717) is 19.1 Å². The lowest BCUT2D eigenvalue weighted by Crippen LogP contribution is -2.36. The molecule has 0 aliphatic heterocycles. The monoisotopic (exact) mass is 254 g/mol. The molecule has 0 atom stereocenters.